The van der Waals surface area contributed by atoms with Crippen LogP contribution >= 0.6 is 0 Å². The van der Waals surface area contributed by atoms with Crippen molar-refractivity contribution < 1.29 is 9.32 Å². The Morgan fingerprint density at radius 1 is 1.42 bits per heavy atom. The van der Waals surface area contributed by atoms with Crippen molar-refractivity contribution in [3.8, 4) is 0 Å². The number of aryl methyl sites for hydroxylation is 2. The maximum Gasteiger partial charge on any atom is 0.227 e. The highest BCUT2D eigenvalue weighted by Crippen LogP contribution is 2.28. The molecule has 1 atom stereocenters. The Morgan fingerprint density at radius 2 is 2.00 bits per heavy atom. The normalized spacial score (nSPS) is 13.4. The fourth-order valence-electron chi connectivity index (χ4n) is 2.48. The number of hydrogen-bond acceptors (Lipinski definition) is 4. The molecule has 0 saturated carbocycles. The molecule has 0 aromatic carbocycles. The number of amides is 1. The molecule has 0 aliphatic rings. The van der Waals surface area contributed by atoms with E-state index in [1.165, 1.54) is 0 Å². The molecule has 0 spiro atoms. The van der Waals surface area contributed by atoms with Crippen LogP contribution in [0.5, 0.6) is 0 Å². The fraction of sp³-hybridized carbons (Fsp3) is 0.714. The second-order valence-electron chi connectivity index (χ2n) is 5.12. The lowest BCUT2D eigenvalue weighted by Gasteiger charge is -2.30. The molecule has 19 heavy (non-hydrogen) atoms. The van der Waals surface area contributed by atoms with Crippen molar-refractivity contribution in [2.24, 2.45) is 11.1 Å². The van der Waals surface area contributed by atoms with Crippen LogP contribution in [0.15, 0.2) is 4.52 Å². The van der Waals surface area contributed by atoms with Gasteiger partial charge in [0.15, 0.2) is 0 Å². The number of nitrogens with two attached hydrogens (primary N) is 1. The minimum atomic E-state index is -0.479. The van der Waals surface area contributed by atoms with Gasteiger partial charge in [-0.3, -0.25) is 4.79 Å². The first-order valence-electron chi connectivity index (χ1n) is 6.85. The number of aromatic nitrogens is 1. The van der Waals surface area contributed by atoms with Crippen LogP contribution in [0.25, 0.3) is 0 Å². The molecule has 3 N–H and O–H groups in total. The molecule has 0 fully saturated rings. The highest BCUT2D eigenvalue weighted by Gasteiger charge is 2.34. The lowest BCUT2D eigenvalue weighted by Crippen LogP contribution is -2.46. The van der Waals surface area contributed by atoms with Gasteiger partial charge in [0.2, 0.25) is 5.91 Å². The van der Waals surface area contributed by atoms with E-state index in [-0.39, 0.29) is 11.9 Å². The average Bonchev–Trinajstić information content (AvgIpc) is 2.72. The molecule has 1 amide bonds. The van der Waals surface area contributed by atoms with E-state index in [0.717, 1.165) is 29.9 Å². The molecule has 0 aliphatic carbocycles. The first-order chi connectivity index (χ1) is 8.91. The molecular weight excluding hydrogens is 242 g/mol. The summed E-state index contributed by atoms with van der Waals surface area (Å²) in [5, 5.41) is 6.95. The minimum absolute atomic E-state index is 0.00694. The molecule has 1 aromatic heterocycles. The molecule has 1 rings (SSSR count). The van der Waals surface area contributed by atoms with E-state index in [1.807, 2.05) is 34.6 Å². The Morgan fingerprint density at radius 3 is 2.37 bits per heavy atom. The van der Waals surface area contributed by atoms with Crippen molar-refractivity contribution in [2.45, 2.75) is 53.5 Å². The van der Waals surface area contributed by atoms with Crippen molar-refractivity contribution in [1.29, 1.82) is 0 Å². The van der Waals surface area contributed by atoms with Gasteiger partial charge in [0.05, 0.1) is 17.2 Å². The maximum atomic E-state index is 12.4. The Kier molecular flexibility index (Phi) is 5.11. The van der Waals surface area contributed by atoms with Crippen LogP contribution in [-0.2, 0) is 4.79 Å². The predicted octanol–water partition coefficient (Wildman–Crippen LogP) is 2.23. The quantitative estimate of drug-likeness (QED) is 0.828. The van der Waals surface area contributed by atoms with Gasteiger partial charge in [-0.05, 0) is 33.6 Å². The van der Waals surface area contributed by atoms with E-state index in [4.69, 9.17) is 10.3 Å². The highest BCUT2D eigenvalue weighted by molar-refractivity contribution is 5.83. The third kappa shape index (κ3) is 2.97. The zero-order chi connectivity index (χ0) is 14.6. The first kappa shape index (κ1) is 15.7. The standard InChI is InChI=1S/C14H25N3O2/c1-6-14(7-2,8-15)13(18)16-9(3)12-10(4)17-19-11(12)5/h9H,6-8,15H2,1-5H3,(H,16,18). The molecule has 1 heterocycles. The fourth-order valence-corrected chi connectivity index (χ4v) is 2.48. The van der Waals surface area contributed by atoms with Crippen LogP contribution in [0.3, 0.4) is 0 Å². The number of carbonyl (C=O) groups excluding carboxylic acids is 1. The summed E-state index contributed by atoms with van der Waals surface area (Å²) < 4.78 is 5.14. The third-order valence-electron chi connectivity index (χ3n) is 4.10. The number of nitrogens with one attached hydrogen (secondary N) is 1. The second-order valence-corrected chi connectivity index (χ2v) is 5.12. The third-order valence-corrected chi connectivity index (χ3v) is 4.10. The Labute approximate surface area is 114 Å². The molecule has 1 unspecified atom stereocenters. The molecule has 5 nitrogen and oxygen atoms in total. The highest BCUT2D eigenvalue weighted by atomic mass is 16.5. The van der Waals surface area contributed by atoms with E-state index in [1.54, 1.807) is 0 Å². The van der Waals surface area contributed by atoms with E-state index in [9.17, 15) is 4.79 Å². The summed E-state index contributed by atoms with van der Waals surface area (Å²) in [6, 6.07) is -0.122. The minimum Gasteiger partial charge on any atom is -0.361 e. The summed E-state index contributed by atoms with van der Waals surface area (Å²) in [7, 11) is 0. The number of nitrogens with zero attached hydrogens (tertiary/aromatic N) is 1. The van der Waals surface area contributed by atoms with Gasteiger partial charge in [-0.2, -0.15) is 0 Å². The van der Waals surface area contributed by atoms with Crippen molar-refractivity contribution >= 4 is 5.91 Å². The van der Waals surface area contributed by atoms with Crippen LogP contribution in [0.4, 0.5) is 0 Å². The monoisotopic (exact) mass is 267 g/mol. The Hall–Kier alpha value is -1.36. The second kappa shape index (κ2) is 6.19. The smallest absolute Gasteiger partial charge is 0.227 e. The van der Waals surface area contributed by atoms with Gasteiger partial charge >= 0.3 is 0 Å². The van der Waals surface area contributed by atoms with Crippen molar-refractivity contribution in [1.82, 2.24) is 10.5 Å². The summed E-state index contributed by atoms with van der Waals surface area (Å²) in [5.74, 6) is 0.754. The summed E-state index contributed by atoms with van der Waals surface area (Å²) in [5.41, 5.74) is 7.08. The van der Waals surface area contributed by atoms with Gasteiger partial charge in [0.25, 0.3) is 0 Å². The molecule has 0 saturated heterocycles. The van der Waals surface area contributed by atoms with Gasteiger partial charge < -0.3 is 15.6 Å². The molecule has 0 bridgehead atoms. The van der Waals surface area contributed by atoms with Crippen molar-refractivity contribution in [3.63, 3.8) is 0 Å². The summed E-state index contributed by atoms with van der Waals surface area (Å²) in [6.45, 7) is 10.0. The first-order valence-corrected chi connectivity index (χ1v) is 6.85. The molecule has 0 radical (unpaired) electrons. The molecular formula is C14H25N3O2. The molecule has 5 heteroatoms. The van der Waals surface area contributed by atoms with Gasteiger partial charge in [-0.1, -0.05) is 19.0 Å². The van der Waals surface area contributed by atoms with Crippen LogP contribution < -0.4 is 11.1 Å². The molecule has 108 valence electrons. The summed E-state index contributed by atoms with van der Waals surface area (Å²) in [6.07, 6.45) is 1.47. The van der Waals surface area contributed by atoms with Crippen molar-refractivity contribution in [2.75, 3.05) is 6.54 Å². The van der Waals surface area contributed by atoms with E-state index < -0.39 is 5.41 Å². The molecule has 0 aliphatic heterocycles. The van der Waals surface area contributed by atoms with E-state index in [2.05, 4.69) is 10.5 Å². The average molecular weight is 267 g/mol. The SMILES string of the molecule is CCC(CC)(CN)C(=O)NC(C)c1c(C)noc1C. The zero-order valence-corrected chi connectivity index (χ0v) is 12.5. The van der Waals surface area contributed by atoms with E-state index >= 15 is 0 Å². The zero-order valence-electron chi connectivity index (χ0n) is 12.5. The largest absolute Gasteiger partial charge is 0.361 e. The Bertz CT molecular complexity index is 408. The van der Waals surface area contributed by atoms with Gasteiger partial charge in [-0.15, -0.1) is 0 Å². The van der Waals surface area contributed by atoms with Gasteiger partial charge in [0.1, 0.15) is 5.76 Å². The topological polar surface area (TPSA) is 81.2 Å². The number of hydrogen-bond donors (Lipinski definition) is 2. The lowest BCUT2D eigenvalue weighted by atomic mass is 9.81. The Balaban J connectivity index is 2.88. The van der Waals surface area contributed by atoms with E-state index in [0.29, 0.717) is 6.54 Å². The van der Waals surface area contributed by atoms with Crippen molar-refractivity contribution in [3.05, 3.63) is 17.0 Å². The maximum absolute atomic E-state index is 12.4. The van der Waals surface area contributed by atoms with Crippen LogP contribution in [-0.4, -0.2) is 17.6 Å². The van der Waals surface area contributed by atoms with Crippen LogP contribution in [0.1, 0.15) is 56.7 Å². The van der Waals surface area contributed by atoms with Gasteiger partial charge in [-0.25, -0.2) is 0 Å². The number of rotatable bonds is 6. The summed E-state index contributed by atoms with van der Waals surface area (Å²) >= 11 is 0. The number of carbonyl (C=O) groups is 1. The van der Waals surface area contributed by atoms with Crippen LogP contribution in [0, 0.1) is 19.3 Å². The van der Waals surface area contributed by atoms with Crippen LogP contribution in [0.2, 0.25) is 0 Å². The lowest BCUT2D eigenvalue weighted by molar-refractivity contribution is -0.131. The predicted molar refractivity (Wildman–Crippen MR) is 74.6 cm³/mol. The van der Waals surface area contributed by atoms with Gasteiger partial charge in [0, 0.05) is 12.1 Å². The molecule has 1 aromatic rings. The summed E-state index contributed by atoms with van der Waals surface area (Å²) in [4.78, 5) is 12.4.